The van der Waals surface area contributed by atoms with Gasteiger partial charge in [0.05, 0.1) is 5.02 Å². The van der Waals surface area contributed by atoms with E-state index in [9.17, 15) is 4.39 Å². The lowest BCUT2D eigenvalue weighted by Crippen LogP contribution is -2.47. The van der Waals surface area contributed by atoms with E-state index >= 15 is 0 Å². The third-order valence-corrected chi connectivity index (χ3v) is 3.22. The Morgan fingerprint density at radius 2 is 2.12 bits per heavy atom. The van der Waals surface area contributed by atoms with Crippen LogP contribution in [0.15, 0.2) is 18.2 Å². The van der Waals surface area contributed by atoms with Crippen molar-refractivity contribution < 1.29 is 4.39 Å². The number of anilines is 1. The molecule has 0 aliphatic carbocycles. The Balaban J connectivity index is 1.99. The van der Waals surface area contributed by atoms with Crippen LogP contribution in [0.2, 0.25) is 5.02 Å². The normalized spacial score (nSPS) is 15.8. The van der Waals surface area contributed by atoms with Gasteiger partial charge in [-0.2, -0.15) is 0 Å². The third-order valence-electron chi connectivity index (χ3n) is 2.58. The number of hydrogen-bond donors (Lipinski definition) is 2. The molecule has 17 heavy (non-hydrogen) atoms. The van der Waals surface area contributed by atoms with Crippen molar-refractivity contribution in [1.29, 1.82) is 0 Å². The van der Waals surface area contributed by atoms with Crippen molar-refractivity contribution in [3.05, 3.63) is 29.0 Å². The second kappa shape index (κ2) is 5.62. The summed E-state index contributed by atoms with van der Waals surface area (Å²) in [4.78, 5) is 2.07. The van der Waals surface area contributed by atoms with Crippen LogP contribution in [0.4, 0.5) is 10.1 Å². The average molecular weight is 274 g/mol. The smallest absolute Gasteiger partial charge is 0.173 e. The maximum absolute atomic E-state index is 13.0. The highest BCUT2D eigenvalue weighted by molar-refractivity contribution is 7.80. The first kappa shape index (κ1) is 12.5. The lowest BCUT2D eigenvalue weighted by atomic mass is 10.3. The molecule has 0 spiro atoms. The summed E-state index contributed by atoms with van der Waals surface area (Å²) >= 11 is 11.0. The lowest BCUT2D eigenvalue weighted by molar-refractivity contribution is 0.362. The summed E-state index contributed by atoms with van der Waals surface area (Å²) in [6, 6.07) is 4.48. The predicted octanol–water partition coefficient (Wildman–Crippen LogP) is 2.08. The molecule has 0 saturated carbocycles. The zero-order valence-corrected chi connectivity index (χ0v) is 10.7. The first-order valence-corrected chi connectivity index (χ1v) is 6.17. The Bertz CT molecular complexity index is 421. The van der Waals surface area contributed by atoms with E-state index in [0.717, 1.165) is 26.2 Å². The van der Waals surface area contributed by atoms with Gasteiger partial charge >= 0.3 is 0 Å². The predicted molar refractivity (Wildman–Crippen MR) is 72.1 cm³/mol. The van der Waals surface area contributed by atoms with Crippen LogP contribution in [-0.4, -0.2) is 36.2 Å². The molecule has 0 atom stereocenters. The van der Waals surface area contributed by atoms with Gasteiger partial charge in [0.25, 0.3) is 0 Å². The molecule has 0 aromatic heterocycles. The topological polar surface area (TPSA) is 27.3 Å². The molecule has 1 aliphatic heterocycles. The van der Waals surface area contributed by atoms with Crippen LogP contribution < -0.4 is 10.6 Å². The highest BCUT2D eigenvalue weighted by Gasteiger charge is 2.13. The Morgan fingerprint density at radius 1 is 1.41 bits per heavy atom. The molecular formula is C11H13ClFN3S. The van der Waals surface area contributed by atoms with E-state index in [1.165, 1.54) is 12.1 Å². The van der Waals surface area contributed by atoms with E-state index in [-0.39, 0.29) is 5.02 Å². The molecule has 0 bridgehead atoms. The van der Waals surface area contributed by atoms with Crippen molar-refractivity contribution in [2.24, 2.45) is 0 Å². The van der Waals surface area contributed by atoms with Crippen molar-refractivity contribution in [2.45, 2.75) is 0 Å². The minimum absolute atomic E-state index is 0.0955. The number of nitrogens with zero attached hydrogens (tertiary/aromatic N) is 1. The monoisotopic (exact) mass is 273 g/mol. The fraction of sp³-hybridized carbons (Fsp3) is 0.364. The van der Waals surface area contributed by atoms with Crippen LogP contribution >= 0.6 is 23.8 Å². The van der Waals surface area contributed by atoms with Gasteiger partial charge in [-0.1, -0.05) is 11.6 Å². The van der Waals surface area contributed by atoms with Gasteiger partial charge in [-0.25, -0.2) is 4.39 Å². The summed E-state index contributed by atoms with van der Waals surface area (Å²) in [5.74, 6) is -0.426. The largest absolute Gasteiger partial charge is 0.346 e. The molecule has 0 amide bonds. The van der Waals surface area contributed by atoms with Gasteiger partial charge in [0.15, 0.2) is 5.11 Å². The van der Waals surface area contributed by atoms with Crippen molar-refractivity contribution in [1.82, 2.24) is 10.2 Å². The lowest BCUT2D eigenvalue weighted by Gasteiger charge is -2.29. The molecule has 0 unspecified atom stereocenters. The van der Waals surface area contributed by atoms with E-state index in [2.05, 4.69) is 15.5 Å². The Kier molecular flexibility index (Phi) is 4.15. The van der Waals surface area contributed by atoms with Crippen molar-refractivity contribution >= 4 is 34.6 Å². The van der Waals surface area contributed by atoms with Gasteiger partial charge in [0, 0.05) is 31.9 Å². The summed E-state index contributed by atoms with van der Waals surface area (Å²) in [5.41, 5.74) is 0.708. The highest BCUT2D eigenvalue weighted by atomic mass is 35.5. The van der Waals surface area contributed by atoms with Crippen molar-refractivity contribution in [3.63, 3.8) is 0 Å². The van der Waals surface area contributed by atoms with E-state index in [1.54, 1.807) is 6.07 Å². The molecule has 1 fully saturated rings. The first-order valence-electron chi connectivity index (χ1n) is 5.38. The minimum Gasteiger partial charge on any atom is -0.346 e. The Hall–Kier alpha value is -0.910. The van der Waals surface area contributed by atoms with Crippen molar-refractivity contribution in [3.8, 4) is 0 Å². The maximum atomic E-state index is 13.0. The molecule has 92 valence electrons. The molecule has 2 rings (SSSR count). The quantitative estimate of drug-likeness (QED) is 0.766. The van der Waals surface area contributed by atoms with Crippen LogP contribution in [-0.2, 0) is 0 Å². The van der Waals surface area contributed by atoms with E-state index < -0.39 is 5.82 Å². The zero-order valence-electron chi connectivity index (χ0n) is 9.17. The summed E-state index contributed by atoms with van der Waals surface area (Å²) in [7, 11) is 0. The first-order chi connectivity index (χ1) is 8.16. The van der Waals surface area contributed by atoms with E-state index in [4.69, 9.17) is 23.8 Å². The molecule has 2 N–H and O–H groups in total. The van der Waals surface area contributed by atoms with Crippen molar-refractivity contribution in [2.75, 3.05) is 31.5 Å². The second-order valence-electron chi connectivity index (χ2n) is 3.80. The minimum atomic E-state index is -0.426. The van der Waals surface area contributed by atoms with Gasteiger partial charge in [-0.3, -0.25) is 0 Å². The second-order valence-corrected chi connectivity index (χ2v) is 4.59. The zero-order chi connectivity index (χ0) is 12.3. The van der Waals surface area contributed by atoms with Crippen LogP contribution in [0.5, 0.6) is 0 Å². The molecule has 1 aliphatic rings. The van der Waals surface area contributed by atoms with E-state index in [1.807, 2.05) is 0 Å². The molecule has 6 heteroatoms. The standard InChI is InChI=1S/C11H13ClFN3S/c12-9-7-8(1-2-10(9)13)15-11(17)16-5-3-14-4-6-16/h1-2,7,14H,3-6H2,(H,15,17). The molecule has 3 nitrogen and oxygen atoms in total. The van der Waals surface area contributed by atoms with E-state index in [0.29, 0.717) is 10.8 Å². The number of halogens is 2. The van der Waals surface area contributed by atoms with Crippen LogP contribution in [0.1, 0.15) is 0 Å². The molecule has 1 heterocycles. The number of benzene rings is 1. The van der Waals surface area contributed by atoms with Gasteiger partial charge in [0.1, 0.15) is 5.82 Å². The fourth-order valence-corrected chi connectivity index (χ4v) is 2.13. The number of piperazine rings is 1. The number of hydrogen-bond acceptors (Lipinski definition) is 2. The molecular weight excluding hydrogens is 261 g/mol. The number of nitrogens with one attached hydrogen (secondary N) is 2. The summed E-state index contributed by atoms with van der Waals surface area (Å²) in [5, 5.41) is 7.05. The molecule has 0 radical (unpaired) electrons. The third kappa shape index (κ3) is 3.28. The highest BCUT2D eigenvalue weighted by Crippen LogP contribution is 2.19. The number of thiocarbonyl (C=S) groups is 1. The van der Waals surface area contributed by atoms with Gasteiger partial charge in [-0.15, -0.1) is 0 Å². The average Bonchev–Trinajstić information content (AvgIpc) is 2.35. The molecule has 1 aromatic rings. The van der Waals surface area contributed by atoms with Gasteiger partial charge in [-0.05, 0) is 30.4 Å². The fourth-order valence-electron chi connectivity index (χ4n) is 1.64. The molecule has 1 aromatic carbocycles. The number of rotatable bonds is 1. The summed E-state index contributed by atoms with van der Waals surface area (Å²) in [6.07, 6.45) is 0. The van der Waals surface area contributed by atoms with Crippen LogP contribution in [0.25, 0.3) is 0 Å². The van der Waals surface area contributed by atoms with Crippen LogP contribution in [0.3, 0.4) is 0 Å². The summed E-state index contributed by atoms with van der Waals surface area (Å²) < 4.78 is 13.0. The van der Waals surface area contributed by atoms with Gasteiger partial charge in [0.2, 0.25) is 0 Å². The van der Waals surface area contributed by atoms with Gasteiger partial charge < -0.3 is 15.5 Å². The maximum Gasteiger partial charge on any atom is 0.173 e. The Morgan fingerprint density at radius 3 is 2.76 bits per heavy atom. The Labute approximate surface area is 110 Å². The van der Waals surface area contributed by atoms with Crippen LogP contribution in [0, 0.1) is 5.82 Å². The summed E-state index contributed by atoms with van der Waals surface area (Å²) in [6.45, 7) is 3.60. The SMILES string of the molecule is Fc1ccc(NC(=S)N2CCNCC2)cc1Cl. The molecule has 1 saturated heterocycles.